The number of rotatable bonds is 8. The second kappa shape index (κ2) is 10.2. The van der Waals surface area contributed by atoms with Crippen LogP contribution in [-0.4, -0.2) is 33.4 Å². The number of carbonyl (C=O) groups is 2. The highest BCUT2D eigenvalue weighted by atomic mass is 16.2. The maximum atomic E-state index is 12.9. The van der Waals surface area contributed by atoms with Crippen LogP contribution in [0.3, 0.4) is 0 Å². The van der Waals surface area contributed by atoms with Crippen molar-refractivity contribution in [3.63, 3.8) is 0 Å². The van der Waals surface area contributed by atoms with Crippen LogP contribution in [-0.2, 0) is 13.0 Å². The van der Waals surface area contributed by atoms with Gasteiger partial charge in [-0.3, -0.25) is 19.4 Å². The Balaban J connectivity index is 2.25. The van der Waals surface area contributed by atoms with E-state index in [0.717, 1.165) is 12.0 Å². The second-order valence-electron chi connectivity index (χ2n) is 8.90. The smallest absolute Gasteiger partial charge is 0.257 e. The van der Waals surface area contributed by atoms with Crippen molar-refractivity contribution in [1.82, 2.24) is 20.2 Å². The van der Waals surface area contributed by atoms with Crippen LogP contribution in [0.25, 0.3) is 0 Å². The summed E-state index contributed by atoms with van der Waals surface area (Å²) in [7, 11) is 0. The summed E-state index contributed by atoms with van der Waals surface area (Å²) in [6, 6.07) is 3.75. The molecule has 162 valence electrons. The minimum Gasteiger partial charge on any atom is -0.352 e. The largest absolute Gasteiger partial charge is 0.352 e. The maximum absolute atomic E-state index is 12.9. The van der Waals surface area contributed by atoms with Crippen LogP contribution in [0.5, 0.6) is 0 Å². The number of nitrogens with one attached hydrogen (secondary N) is 2. The zero-order chi connectivity index (χ0) is 22.3. The quantitative estimate of drug-likeness (QED) is 0.697. The van der Waals surface area contributed by atoms with E-state index in [4.69, 9.17) is 0 Å². The van der Waals surface area contributed by atoms with Crippen LogP contribution >= 0.6 is 0 Å². The molecule has 30 heavy (non-hydrogen) atoms. The molecule has 0 aliphatic carbocycles. The van der Waals surface area contributed by atoms with Crippen molar-refractivity contribution in [2.75, 3.05) is 6.54 Å². The Morgan fingerprint density at radius 2 is 1.67 bits per heavy atom. The van der Waals surface area contributed by atoms with E-state index in [1.807, 2.05) is 32.9 Å². The van der Waals surface area contributed by atoms with Gasteiger partial charge in [-0.25, -0.2) is 0 Å². The molecule has 2 heterocycles. The topological polar surface area (TPSA) is 93.1 Å². The lowest BCUT2D eigenvalue weighted by atomic mass is 10.1. The lowest BCUT2D eigenvalue weighted by Crippen LogP contribution is -2.43. The average molecular weight is 413 g/mol. The Kier molecular flexibility index (Phi) is 7.92. The van der Waals surface area contributed by atoms with Gasteiger partial charge in [-0.1, -0.05) is 13.8 Å². The molecule has 0 bridgehead atoms. The summed E-state index contributed by atoms with van der Waals surface area (Å²) in [4.78, 5) is 42.3. The van der Waals surface area contributed by atoms with Gasteiger partial charge >= 0.3 is 0 Å². The molecule has 2 N–H and O–H groups in total. The van der Waals surface area contributed by atoms with Crippen molar-refractivity contribution in [3.05, 3.63) is 63.8 Å². The molecule has 2 aromatic heterocycles. The first-order valence-corrected chi connectivity index (χ1v) is 10.3. The van der Waals surface area contributed by atoms with Crippen LogP contribution in [0.2, 0.25) is 0 Å². The molecule has 0 aliphatic rings. The molecule has 0 aromatic carbocycles. The Morgan fingerprint density at radius 1 is 1.07 bits per heavy atom. The number of nitrogens with zero attached hydrogens (tertiary/aromatic N) is 2. The fourth-order valence-corrected chi connectivity index (χ4v) is 2.86. The summed E-state index contributed by atoms with van der Waals surface area (Å²) in [6.45, 7) is 10.7. The molecule has 0 fully saturated rings. The summed E-state index contributed by atoms with van der Waals surface area (Å²) >= 11 is 0. The molecule has 0 atom stereocenters. The molecule has 0 saturated carbocycles. The minimum absolute atomic E-state index is 0.0181. The second-order valence-corrected chi connectivity index (χ2v) is 8.90. The highest BCUT2D eigenvalue weighted by molar-refractivity contribution is 5.99. The van der Waals surface area contributed by atoms with Crippen molar-refractivity contribution >= 4 is 11.8 Å². The lowest BCUT2D eigenvalue weighted by Gasteiger charge is -2.21. The van der Waals surface area contributed by atoms with Gasteiger partial charge in [0.1, 0.15) is 11.1 Å². The van der Waals surface area contributed by atoms with Crippen LogP contribution in [0.15, 0.2) is 41.7 Å². The molecule has 0 saturated heterocycles. The molecule has 0 spiro atoms. The average Bonchev–Trinajstić information content (AvgIpc) is 2.66. The third-order valence-electron chi connectivity index (χ3n) is 4.47. The van der Waals surface area contributed by atoms with E-state index >= 15 is 0 Å². The van der Waals surface area contributed by atoms with Crippen molar-refractivity contribution in [2.45, 2.75) is 59.5 Å². The minimum atomic E-state index is -0.557. The molecule has 2 amide bonds. The van der Waals surface area contributed by atoms with Gasteiger partial charge in [0.05, 0.1) is 0 Å². The van der Waals surface area contributed by atoms with Gasteiger partial charge in [-0.15, -0.1) is 0 Å². The number of amides is 2. The van der Waals surface area contributed by atoms with E-state index in [1.165, 1.54) is 0 Å². The third-order valence-corrected chi connectivity index (χ3v) is 4.47. The number of pyridine rings is 2. The van der Waals surface area contributed by atoms with E-state index in [9.17, 15) is 14.4 Å². The number of hydrogen-bond donors (Lipinski definition) is 2. The first-order chi connectivity index (χ1) is 14.1. The SMILES string of the molecule is CC(C)CCn1cc(C(=O)NCCc2ccncc2)c(=O)c(C(=O)NC(C)(C)C)c1. The number of aromatic nitrogens is 2. The molecule has 7 nitrogen and oxygen atoms in total. The third kappa shape index (κ3) is 7.13. The molecule has 0 radical (unpaired) electrons. The Labute approximate surface area is 177 Å². The lowest BCUT2D eigenvalue weighted by molar-refractivity contribution is 0.0917. The fraction of sp³-hybridized carbons (Fsp3) is 0.478. The highest BCUT2D eigenvalue weighted by Gasteiger charge is 2.22. The summed E-state index contributed by atoms with van der Waals surface area (Å²) < 4.78 is 1.76. The van der Waals surface area contributed by atoms with E-state index in [0.29, 0.717) is 25.4 Å². The molecule has 2 rings (SSSR count). The molecule has 2 aromatic rings. The number of carbonyl (C=O) groups excluding carboxylic acids is 2. The maximum Gasteiger partial charge on any atom is 0.257 e. The predicted octanol–water partition coefficient (Wildman–Crippen LogP) is 2.79. The highest BCUT2D eigenvalue weighted by Crippen LogP contribution is 2.07. The Hall–Kier alpha value is -2.96. The van der Waals surface area contributed by atoms with Gasteiger partial charge in [0.25, 0.3) is 11.8 Å². The summed E-state index contributed by atoms with van der Waals surface area (Å²) in [5.41, 5.74) is -0.0443. The van der Waals surface area contributed by atoms with Gasteiger partial charge < -0.3 is 15.2 Å². The van der Waals surface area contributed by atoms with Crippen molar-refractivity contribution in [3.8, 4) is 0 Å². The van der Waals surface area contributed by atoms with Gasteiger partial charge in [-0.2, -0.15) is 0 Å². The Morgan fingerprint density at radius 3 is 2.23 bits per heavy atom. The fourth-order valence-electron chi connectivity index (χ4n) is 2.86. The Bertz CT molecular complexity index is 928. The molecule has 7 heteroatoms. The van der Waals surface area contributed by atoms with Crippen LogP contribution in [0.1, 0.15) is 67.3 Å². The summed E-state index contributed by atoms with van der Waals surface area (Å²) in [5, 5.41) is 5.60. The van der Waals surface area contributed by atoms with E-state index < -0.39 is 22.8 Å². The standard InChI is InChI=1S/C23H32N4O3/c1-16(2)9-13-27-14-18(20(28)19(15-27)22(30)26-23(3,4)5)21(29)25-12-8-17-6-10-24-11-7-17/h6-7,10-11,14-16H,8-9,12-13H2,1-5H3,(H,25,29)(H,26,30). The monoisotopic (exact) mass is 412 g/mol. The van der Waals surface area contributed by atoms with E-state index in [-0.39, 0.29) is 11.1 Å². The van der Waals surface area contributed by atoms with Gasteiger partial charge in [0.15, 0.2) is 0 Å². The van der Waals surface area contributed by atoms with Crippen LogP contribution < -0.4 is 16.1 Å². The number of aryl methyl sites for hydroxylation is 1. The van der Waals surface area contributed by atoms with Crippen molar-refractivity contribution in [1.29, 1.82) is 0 Å². The van der Waals surface area contributed by atoms with Gasteiger partial charge in [0, 0.05) is 43.4 Å². The number of hydrogen-bond acceptors (Lipinski definition) is 4. The molecule has 0 aliphatic heterocycles. The molecule has 0 unspecified atom stereocenters. The molecular weight excluding hydrogens is 380 g/mol. The van der Waals surface area contributed by atoms with Crippen LogP contribution in [0.4, 0.5) is 0 Å². The first kappa shape index (κ1) is 23.3. The van der Waals surface area contributed by atoms with E-state index in [1.54, 1.807) is 29.4 Å². The van der Waals surface area contributed by atoms with Crippen molar-refractivity contribution < 1.29 is 9.59 Å². The first-order valence-electron chi connectivity index (χ1n) is 10.3. The normalized spacial score (nSPS) is 11.4. The zero-order valence-corrected chi connectivity index (χ0v) is 18.5. The summed E-state index contributed by atoms with van der Waals surface area (Å²) in [6.07, 6.45) is 7.97. The van der Waals surface area contributed by atoms with E-state index in [2.05, 4.69) is 29.5 Å². The zero-order valence-electron chi connectivity index (χ0n) is 18.5. The molecular formula is C23H32N4O3. The van der Waals surface area contributed by atoms with Crippen LogP contribution in [0, 0.1) is 5.92 Å². The van der Waals surface area contributed by atoms with Gasteiger partial charge in [0.2, 0.25) is 5.43 Å². The summed E-state index contributed by atoms with van der Waals surface area (Å²) in [5.74, 6) is -0.496. The van der Waals surface area contributed by atoms with Gasteiger partial charge in [-0.05, 0) is 57.2 Å². The van der Waals surface area contributed by atoms with Crippen molar-refractivity contribution in [2.24, 2.45) is 5.92 Å². The predicted molar refractivity (Wildman–Crippen MR) is 118 cm³/mol.